The predicted molar refractivity (Wildman–Crippen MR) is 50.2 cm³/mol. The molecule has 0 heterocycles. The number of amides is 1. The van der Waals surface area contributed by atoms with Gasteiger partial charge in [0.25, 0.3) is 0 Å². The van der Waals surface area contributed by atoms with Crippen LogP contribution in [0.15, 0.2) is 23.1 Å². The Balaban J connectivity index is 2.68. The number of thioether (sulfide) groups is 1. The van der Waals surface area contributed by atoms with Gasteiger partial charge in [-0.05, 0) is 18.2 Å². The van der Waals surface area contributed by atoms with Gasteiger partial charge in [0.2, 0.25) is 5.91 Å². The minimum atomic E-state index is -0.680. The summed E-state index contributed by atoms with van der Waals surface area (Å²) in [4.78, 5) is 10.9. The first-order valence-electron chi connectivity index (χ1n) is 3.42. The van der Waals surface area contributed by atoms with Crippen molar-refractivity contribution in [1.29, 1.82) is 0 Å². The molecule has 1 rings (SSSR count). The lowest BCUT2D eigenvalue weighted by Crippen LogP contribution is -2.00. The van der Waals surface area contributed by atoms with E-state index in [1.54, 1.807) is 6.07 Å². The van der Waals surface area contributed by atoms with Crippen molar-refractivity contribution in [3.8, 4) is 0 Å². The summed E-state index contributed by atoms with van der Waals surface area (Å²) >= 11 is 6.57. The maximum Gasteiger partial charge on any atom is 0.248 e. The van der Waals surface area contributed by atoms with Gasteiger partial charge >= 0.3 is 0 Å². The van der Waals surface area contributed by atoms with Gasteiger partial charge in [-0.25, -0.2) is 4.39 Å². The van der Waals surface area contributed by atoms with Gasteiger partial charge in [-0.15, -0.1) is 11.8 Å². The van der Waals surface area contributed by atoms with E-state index < -0.39 is 11.7 Å². The molecule has 0 atom stereocenters. The molecular weight excluding hydrogens is 213 g/mol. The van der Waals surface area contributed by atoms with Crippen molar-refractivity contribution in [2.75, 3.05) is 5.75 Å². The standard InChI is InChI=1S/C8H6ClFNOS/c9-6-2-1-5(3-7(6)10)13-4-8(11)12/h1-3,11H,4H2. The van der Waals surface area contributed by atoms with Crippen molar-refractivity contribution in [3.63, 3.8) is 0 Å². The highest BCUT2D eigenvalue weighted by Gasteiger charge is 2.02. The van der Waals surface area contributed by atoms with Crippen LogP contribution in [0.5, 0.6) is 0 Å². The van der Waals surface area contributed by atoms with E-state index in [0.717, 1.165) is 11.8 Å². The molecule has 2 nitrogen and oxygen atoms in total. The van der Waals surface area contributed by atoms with Crippen LogP contribution >= 0.6 is 23.4 Å². The van der Waals surface area contributed by atoms with Gasteiger partial charge in [0.15, 0.2) is 0 Å². The van der Waals surface area contributed by atoms with Crippen LogP contribution in [0.25, 0.3) is 0 Å². The zero-order valence-corrected chi connectivity index (χ0v) is 8.08. The van der Waals surface area contributed by atoms with Gasteiger partial charge in [0.1, 0.15) is 5.82 Å². The van der Waals surface area contributed by atoms with Crippen molar-refractivity contribution in [2.24, 2.45) is 0 Å². The van der Waals surface area contributed by atoms with Crippen LogP contribution in [0.4, 0.5) is 4.39 Å². The van der Waals surface area contributed by atoms with Crippen molar-refractivity contribution in [2.45, 2.75) is 4.90 Å². The molecule has 0 bridgehead atoms. The SMILES string of the molecule is [NH]C(=O)CSc1ccc(Cl)c(F)c1. The third kappa shape index (κ3) is 3.24. The quantitative estimate of drug-likeness (QED) is 0.731. The molecule has 13 heavy (non-hydrogen) atoms. The van der Waals surface area contributed by atoms with E-state index in [9.17, 15) is 9.18 Å². The molecule has 0 saturated carbocycles. The van der Waals surface area contributed by atoms with Crippen molar-refractivity contribution in [1.82, 2.24) is 5.73 Å². The van der Waals surface area contributed by atoms with E-state index >= 15 is 0 Å². The smallest absolute Gasteiger partial charge is 0.248 e. The molecule has 0 aliphatic rings. The van der Waals surface area contributed by atoms with Gasteiger partial charge in [-0.3, -0.25) is 10.5 Å². The number of hydrogen-bond donors (Lipinski definition) is 0. The Kier molecular flexibility index (Phi) is 3.57. The van der Waals surface area contributed by atoms with Crippen molar-refractivity contribution < 1.29 is 9.18 Å². The number of benzene rings is 1. The first-order valence-corrected chi connectivity index (χ1v) is 4.78. The van der Waals surface area contributed by atoms with Gasteiger partial charge in [-0.2, -0.15) is 0 Å². The van der Waals surface area contributed by atoms with E-state index in [1.807, 2.05) is 0 Å². The Hall–Kier alpha value is -0.740. The Morgan fingerprint density at radius 2 is 2.31 bits per heavy atom. The number of carbonyl (C=O) groups is 1. The molecular formula is C8H6ClFNOS. The molecule has 5 heteroatoms. The molecule has 0 unspecified atom stereocenters. The largest absolute Gasteiger partial charge is 0.272 e. The highest BCUT2D eigenvalue weighted by molar-refractivity contribution is 8.00. The summed E-state index contributed by atoms with van der Waals surface area (Å²) in [6.45, 7) is 0. The zero-order chi connectivity index (χ0) is 9.84. The maximum absolute atomic E-state index is 12.8. The molecule has 69 valence electrons. The summed E-state index contributed by atoms with van der Waals surface area (Å²) in [5, 5.41) is 0.0570. The number of nitrogens with one attached hydrogen (secondary N) is 1. The second-order valence-corrected chi connectivity index (χ2v) is 3.74. The second-order valence-electron chi connectivity index (χ2n) is 2.29. The fourth-order valence-corrected chi connectivity index (χ4v) is 1.48. The first-order chi connectivity index (χ1) is 6.09. The van der Waals surface area contributed by atoms with E-state index in [0.29, 0.717) is 4.90 Å². The fraction of sp³-hybridized carbons (Fsp3) is 0.125. The summed E-state index contributed by atoms with van der Waals surface area (Å²) in [5.74, 6) is -1.16. The highest BCUT2D eigenvalue weighted by atomic mass is 35.5. The van der Waals surface area contributed by atoms with E-state index in [1.165, 1.54) is 12.1 Å². The lowest BCUT2D eigenvalue weighted by Gasteiger charge is -1.99. The average Bonchev–Trinajstić information content (AvgIpc) is 2.07. The Morgan fingerprint density at radius 3 is 2.85 bits per heavy atom. The van der Waals surface area contributed by atoms with Crippen molar-refractivity contribution >= 4 is 29.3 Å². The number of hydrogen-bond acceptors (Lipinski definition) is 2. The minimum Gasteiger partial charge on any atom is -0.272 e. The normalized spacial score (nSPS) is 10.0. The summed E-state index contributed by atoms with van der Waals surface area (Å²) in [6, 6.07) is 4.28. The lowest BCUT2D eigenvalue weighted by atomic mass is 10.3. The van der Waals surface area contributed by atoms with Gasteiger partial charge in [0, 0.05) is 4.90 Å². The number of halogens is 2. The van der Waals surface area contributed by atoms with Crippen LogP contribution in [0.1, 0.15) is 0 Å². The van der Waals surface area contributed by atoms with E-state index in [2.05, 4.69) is 0 Å². The molecule has 1 radical (unpaired) electrons. The Morgan fingerprint density at radius 1 is 1.62 bits per heavy atom. The molecule has 0 fully saturated rings. The summed E-state index contributed by atoms with van der Waals surface area (Å²) in [7, 11) is 0. The third-order valence-electron chi connectivity index (χ3n) is 1.26. The monoisotopic (exact) mass is 218 g/mol. The number of rotatable bonds is 3. The molecule has 0 saturated heterocycles. The van der Waals surface area contributed by atoms with Gasteiger partial charge in [0.05, 0.1) is 10.8 Å². The summed E-state index contributed by atoms with van der Waals surface area (Å²) in [6.07, 6.45) is 0. The van der Waals surface area contributed by atoms with Crippen LogP contribution in [-0.2, 0) is 4.79 Å². The third-order valence-corrected chi connectivity index (χ3v) is 2.56. The van der Waals surface area contributed by atoms with Crippen LogP contribution in [0.3, 0.4) is 0 Å². The topological polar surface area (TPSA) is 40.9 Å². The minimum absolute atomic E-state index is 0.0288. The van der Waals surface area contributed by atoms with Crippen LogP contribution in [0, 0.1) is 5.82 Å². The Labute approximate surface area is 84.3 Å². The first kappa shape index (κ1) is 10.3. The van der Waals surface area contributed by atoms with Crippen molar-refractivity contribution in [3.05, 3.63) is 29.0 Å². The predicted octanol–water partition coefficient (Wildman–Crippen LogP) is 2.38. The molecule has 0 aliphatic heterocycles. The zero-order valence-electron chi connectivity index (χ0n) is 6.51. The molecule has 1 aromatic carbocycles. The van der Waals surface area contributed by atoms with E-state index in [-0.39, 0.29) is 10.8 Å². The molecule has 0 aromatic heterocycles. The lowest BCUT2D eigenvalue weighted by molar-refractivity contribution is -0.116. The molecule has 1 amide bonds. The van der Waals surface area contributed by atoms with Gasteiger partial charge < -0.3 is 0 Å². The van der Waals surface area contributed by atoms with Crippen LogP contribution in [0.2, 0.25) is 5.02 Å². The molecule has 0 spiro atoms. The maximum atomic E-state index is 12.8. The van der Waals surface area contributed by atoms with Gasteiger partial charge in [-0.1, -0.05) is 11.6 Å². The molecule has 1 aromatic rings. The summed E-state index contributed by atoms with van der Waals surface area (Å²) in [5.41, 5.74) is 6.64. The van der Waals surface area contributed by atoms with E-state index in [4.69, 9.17) is 17.3 Å². The number of carbonyl (C=O) groups excluding carboxylic acids is 1. The summed E-state index contributed by atoms with van der Waals surface area (Å²) < 4.78 is 12.8. The molecule has 1 N–H and O–H groups in total. The molecule has 0 aliphatic carbocycles. The Bertz CT molecular complexity index is 332. The average molecular weight is 219 g/mol. The van der Waals surface area contributed by atoms with Crippen LogP contribution in [-0.4, -0.2) is 11.7 Å². The fourth-order valence-electron chi connectivity index (χ4n) is 0.716. The van der Waals surface area contributed by atoms with Crippen LogP contribution < -0.4 is 5.73 Å². The highest BCUT2D eigenvalue weighted by Crippen LogP contribution is 2.22. The second kappa shape index (κ2) is 4.48.